The summed E-state index contributed by atoms with van der Waals surface area (Å²) >= 11 is 0. The predicted molar refractivity (Wildman–Crippen MR) is 74.5 cm³/mol. The summed E-state index contributed by atoms with van der Waals surface area (Å²) in [6.07, 6.45) is 5.33. The summed E-state index contributed by atoms with van der Waals surface area (Å²) < 4.78 is 26.5. The van der Waals surface area contributed by atoms with E-state index < -0.39 is 10.0 Å². The summed E-state index contributed by atoms with van der Waals surface area (Å²) in [7, 11) is -3.64. The fraction of sp³-hybridized carbons (Fsp3) is 0.417. The maximum absolute atomic E-state index is 12.1. The fourth-order valence-electron chi connectivity index (χ4n) is 1.78. The number of hydrogen-bond acceptors (Lipinski definition) is 6. The monoisotopic (exact) mass is 308 g/mol. The molecule has 1 saturated carbocycles. The van der Waals surface area contributed by atoms with Gasteiger partial charge in [-0.05, 0) is 24.5 Å². The van der Waals surface area contributed by atoms with Gasteiger partial charge in [0.2, 0.25) is 0 Å². The highest BCUT2D eigenvalue weighted by atomic mass is 32.2. The molecule has 0 unspecified atom stereocenters. The zero-order valence-corrected chi connectivity index (χ0v) is 12.1. The van der Waals surface area contributed by atoms with Crippen LogP contribution >= 0.6 is 0 Å². The van der Waals surface area contributed by atoms with E-state index in [2.05, 4.69) is 30.2 Å². The maximum atomic E-state index is 12.1. The van der Waals surface area contributed by atoms with E-state index in [0.717, 1.165) is 5.56 Å². The van der Waals surface area contributed by atoms with E-state index in [0.29, 0.717) is 18.4 Å². The Morgan fingerprint density at radius 1 is 1.24 bits per heavy atom. The second-order valence-corrected chi connectivity index (χ2v) is 6.63. The van der Waals surface area contributed by atoms with Crippen LogP contribution in [0.1, 0.15) is 24.2 Å². The first-order chi connectivity index (χ1) is 10.1. The Bertz CT molecular complexity index is 679. The molecular weight excluding hydrogens is 292 g/mol. The van der Waals surface area contributed by atoms with Crippen molar-refractivity contribution in [2.45, 2.75) is 37.0 Å². The smallest absolute Gasteiger partial charge is 0.258 e. The van der Waals surface area contributed by atoms with E-state index in [-0.39, 0.29) is 11.6 Å². The van der Waals surface area contributed by atoms with Crippen LogP contribution in [0.2, 0.25) is 0 Å². The number of nitrogens with one attached hydrogen (secondary N) is 3. The van der Waals surface area contributed by atoms with Crippen molar-refractivity contribution in [3.8, 4) is 0 Å². The molecule has 0 spiro atoms. The molecule has 0 amide bonds. The third-order valence-electron chi connectivity index (χ3n) is 3.14. The standard InChI is InChI=1S/C12H16N6O2S/c19-21(20,17-7-11-15-8-16-18-11)12-4-1-9(6-14-12)5-13-10-2-3-10/h1,4,6,8,10,13,17H,2-3,5,7H2,(H,15,16,18). The first-order valence-corrected chi connectivity index (χ1v) is 8.14. The van der Waals surface area contributed by atoms with E-state index in [1.54, 1.807) is 12.3 Å². The summed E-state index contributed by atoms with van der Waals surface area (Å²) in [6.45, 7) is 0.762. The zero-order chi connectivity index (χ0) is 14.7. The van der Waals surface area contributed by atoms with Crippen molar-refractivity contribution in [3.63, 3.8) is 0 Å². The van der Waals surface area contributed by atoms with E-state index in [9.17, 15) is 8.42 Å². The third kappa shape index (κ3) is 3.84. The highest BCUT2D eigenvalue weighted by Gasteiger charge is 2.20. The minimum Gasteiger partial charge on any atom is -0.310 e. The van der Waals surface area contributed by atoms with E-state index >= 15 is 0 Å². The Labute approximate surface area is 122 Å². The van der Waals surface area contributed by atoms with Crippen molar-refractivity contribution in [2.24, 2.45) is 0 Å². The second kappa shape index (κ2) is 5.88. The molecule has 1 aliphatic carbocycles. The molecule has 2 aromatic rings. The Morgan fingerprint density at radius 3 is 2.71 bits per heavy atom. The number of pyridine rings is 1. The molecule has 21 heavy (non-hydrogen) atoms. The lowest BCUT2D eigenvalue weighted by Crippen LogP contribution is -2.25. The van der Waals surface area contributed by atoms with Crippen LogP contribution in [-0.4, -0.2) is 34.6 Å². The molecule has 1 aliphatic rings. The normalized spacial score (nSPS) is 15.2. The third-order valence-corrected chi connectivity index (χ3v) is 4.46. The molecule has 0 bridgehead atoms. The van der Waals surface area contributed by atoms with Crippen molar-refractivity contribution in [1.29, 1.82) is 0 Å². The zero-order valence-electron chi connectivity index (χ0n) is 11.3. The lowest BCUT2D eigenvalue weighted by molar-refractivity contribution is 0.575. The van der Waals surface area contributed by atoms with Gasteiger partial charge in [0.25, 0.3) is 10.0 Å². The van der Waals surface area contributed by atoms with E-state index in [1.807, 2.05) is 0 Å². The van der Waals surface area contributed by atoms with E-state index in [1.165, 1.54) is 25.2 Å². The number of sulfonamides is 1. The minimum absolute atomic E-state index is 0.00260. The molecule has 1 fully saturated rings. The van der Waals surface area contributed by atoms with Gasteiger partial charge in [0.15, 0.2) is 5.03 Å². The van der Waals surface area contributed by atoms with Gasteiger partial charge in [-0.3, -0.25) is 5.10 Å². The van der Waals surface area contributed by atoms with Crippen LogP contribution in [0.5, 0.6) is 0 Å². The summed E-state index contributed by atoms with van der Waals surface area (Å²) in [6, 6.07) is 3.88. The number of H-pyrrole nitrogens is 1. The second-order valence-electron chi connectivity index (χ2n) is 4.92. The molecule has 3 N–H and O–H groups in total. The van der Waals surface area contributed by atoms with Crippen LogP contribution in [0.3, 0.4) is 0 Å². The molecule has 9 heteroatoms. The number of nitrogens with zero attached hydrogens (tertiary/aromatic N) is 3. The van der Waals surface area contributed by atoms with Gasteiger partial charge in [0, 0.05) is 18.8 Å². The minimum atomic E-state index is -3.64. The number of rotatable bonds is 7. The summed E-state index contributed by atoms with van der Waals surface area (Å²) in [5, 5.41) is 9.59. The SMILES string of the molecule is O=S(=O)(NCc1ncn[nH]1)c1ccc(CNC2CC2)cn1. The average molecular weight is 308 g/mol. The largest absolute Gasteiger partial charge is 0.310 e. The van der Waals surface area contributed by atoms with E-state index in [4.69, 9.17) is 0 Å². The van der Waals surface area contributed by atoms with Crippen molar-refractivity contribution in [1.82, 2.24) is 30.2 Å². The Kier molecular flexibility index (Phi) is 3.95. The highest BCUT2D eigenvalue weighted by Crippen LogP contribution is 2.19. The molecule has 0 aliphatic heterocycles. The molecule has 0 radical (unpaired) electrons. The molecule has 0 saturated heterocycles. The van der Waals surface area contributed by atoms with Gasteiger partial charge in [0.05, 0.1) is 6.54 Å². The van der Waals surface area contributed by atoms with Gasteiger partial charge in [-0.2, -0.15) is 5.10 Å². The highest BCUT2D eigenvalue weighted by molar-refractivity contribution is 7.89. The fourth-order valence-corrected chi connectivity index (χ4v) is 2.69. The summed E-state index contributed by atoms with van der Waals surface area (Å²) in [5.74, 6) is 0.448. The molecule has 2 heterocycles. The first-order valence-electron chi connectivity index (χ1n) is 6.66. The van der Waals surface area contributed by atoms with Gasteiger partial charge >= 0.3 is 0 Å². The van der Waals surface area contributed by atoms with Crippen LogP contribution < -0.4 is 10.0 Å². The van der Waals surface area contributed by atoms with Crippen LogP contribution in [-0.2, 0) is 23.1 Å². The van der Waals surface area contributed by atoms with Crippen molar-refractivity contribution in [3.05, 3.63) is 36.0 Å². The summed E-state index contributed by atoms with van der Waals surface area (Å²) in [5.41, 5.74) is 0.969. The average Bonchev–Trinajstić information content (AvgIpc) is 3.17. The van der Waals surface area contributed by atoms with Gasteiger partial charge in [0.1, 0.15) is 12.2 Å². The molecule has 8 nitrogen and oxygen atoms in total. The molecule has 3 rings (SSSR count). The topological polar surface area (TPSA) is 113 Å². The number of hydrogen-bond donors (Lipinski definition) is 3. The number of aromatic amines is 1. The Hall–Kier alpha value is -1.84. The van der Waals surface area contributed by atoms with Crippen LogP contribution in [0, 0.1) is 0 Å². The quantitative estimate of drug-likeness (QED) is 0.660. The molecule has 0 aromatic carbocycles. The van der Waals surface area contributed by atoms with Gasteiger partial charge in [-0.25, -0.2) is 23.1 Å². The molecular formula is C12H16N6O2S. The first kappa shape index (κ1) is 14.1. The number of aromatic nitrogens is 4. The molecule has 2 aromatic heterocycles. The molecule has 0 atom stereocenters. The van der Waals surface area contributed by atoms with Crippen LogP contribution in [0.25, 0.3) is 0 Å². The predicted octanol–water partition coefficient (Wildman–Crippen LogP) is -0.0698. The van der Waals surface area contributed by atoms with Crippen LogP contribution in [0.4, 0.5) is 0 Å². The van der Waals surface area contributed by atoms with Gasteiger partial charge < -0.3 is 5.32 Å². The van der Waals surface area contributed by atoms with Crippen molar-refractivity contribution < 1.29 is 8.42 Å². The van der Waals surface area contributed by atoms with Gasteiger partial charge in [-0.15, -0.1) is 0 Å². The van der Waals surface area contributed by atoms with Crippen LogP contribution in [0.15, 0.2) is 29.7 Å². The van der Waals surface area contributed by atoms with Crippen molar-refractivity contribution >= 4 is 10.0 Å². The lowest BCUT2D eigenvalue weighted by Gasteiger charge is -2.06. The van der Waals surface area contributed by atoms with Gasteiger partial charge in [-0.1, -0.05) is 6.07 Å². The maximum Gasteiger partial charge on any atom is 0.258 e. The Morgan fingerprint density at radius 2 is 2.10 bits per heavy atom. The lowest BCUT2D eigenvalue weighted by atomic mass is 10.3. The Balaban J connectivity index is 1.61. The molecule has 112 valence electrons. The summed E-state index contributed by atoms with van der Waals surface area (Å²) in [4.78, 5) is 7.86. The van der Waals surface area contributed by atoms with Crippen molar-refractivity contribution in [2.75, 3.05) is 0 Å².